The van der Waals surface area contributed by atoms with Gasteiger partial charge in [0.05, 0.1) is 19.3 Å². The number of thiazole rings is 1. The van der Waals surface area contributed by atoms with Gasteiger partial charge in [-0.15, -0.1) is 11.3 Å². The maximum absolute atomic E-state index is 11.3. The van der Waals surface area contributed by atoms with E-state index in [9.17, 15) is 4.79 Å². The molecule has 2 unspecified atom stereocenters. The zero-order valence-corrected chi connectivity index (χ0v) is 10.4. The van der Waals surface area contributed by atoms with Crippen LogP contribution in [0.15, 0.2) is 5.38 Å². The lowest BCUT2D eigenvalue weighted by atomic mass is 10.2. The summed E-state index contributed by atoms with van der Waals surface area (Å²) < 4.78 is 10.4. The molecule has 92 valence electrons. The van der Waals surface area contributed by atoms with Crippen LogP contribution in [0.3, 0.4) is 0 Å². The predicted octanol–water partition coefficient (Wildman–Crippen LogP) is 1.30. The third kappa shape index (κ3) is 2.02. The van der Waals surface area contributed by atoms with E-state index in [1.165, 1.54) is 18.4 Å². The Hall–Kier alpha value is -1.14. The molecule has 0 spiro atoms. The second-order valence-electron chi connectivity index (χ2n) is 4.37. The molecule has 2 aliphatic heterocycles. The maximum atomic E-state index is 11.3. The Balaban J connectivity index is 1.76. The predicted molar refractivity (Wildman–Crippen MR) is 63.6 cm³/mol. The third-order valence-corrected chi connectivity index (χ3v) is 4.10. The van der Waals surface area contributed by atoms with E-state index >= 15 is 0 Å². The first-order valence-electron chi connectivity index (χ1n) is 5.70. The molecule has 2 bridgehead atoms. The lowest BCUT2D eigenvalue weighted by molar-refractivity contribution is 0.0305. The fraction of sp³-hybridized carbons (Fsp3) is 0.636. The van der Waals surface area contributed by atoms with Gasteiger partial charge in [-0.2, -0.15) is 0 Å². The summed E-state index contributed by atoms with van der Waals surface area (Å²) in [6.07, 6.45) is 2.94. The minimum absolute atomic E-state index is 0.333. The smallest absolute Gasteiger partial charge is 0.357 e. The molecule has 1 aromatic heterocycles. The number of morpholine rings is 1. The summed E-state index contributed by atoms with van der Waals surface area (Å²) in [4.78, 5) is 17.9. The molecule has 5 nitrogen and oxygen atoms in total. The second-order valence-corrected chi connectivity index (χ2v) is 5.21. The van der Waals surface area contributed by atoms with Crippen molar-refractivity contribution in [2.75, 3.05) is 25.1 Å². The average Bonchev–Trinajstić information content (AvgIpc) is 2.95. The molecule has 1 aromatic rings. The number of ether oxygens (including phenoxy) is 2. The highest BCUT2D eigenvalue weighted by atomic mass is 32.1. The number of rotatable bonds is 2. The summed E-state index contributed by atoms with van der Waals surface area (Å²) in [6.45, 7) is 1.76. The number of hydrogen-bond acceptors (Lipinski definition) is 6. The van der Waals surface area contributed by atoms with E-state index in [1.54, 1.807) is 5.38 Å². The lowest BCUT2D eigenvalue weighted by Gasteiger charge is -2.31. The van der Waals surface area contributed by atoms with Crippen molar-refractivity contribution in [1.82, 2.24) is 4.98 Å². The SMILES string of the molecule is COC(=O)c1csc(N2CC3CCC(C2)O3)n1. The molecule has 0 N–H and O–H groups in total. The Morgan fingerprint density at radius 1 is 1.53 bits per heavy atom. The summed E-state index contributed by atoms with van der Waals surface area (Å²) in [7, 11) is 1.37. The van der Waals surface area contributed by atoms with E-state index in [-0.39, 0.29) is 5.97 Å². The fourth-order valence-electron chi connectivity index (χ4n) is 2.38. The molecule has 2 atom stereocenters. The van der Waals surface area contributed by atoms with Crippen molar-refractivity contribution in [1.29, 1.82) is 0 Å². The van der Waals surface area contributed by atoms with Crippen molar-refractivity contribution in [3.8, 4) is 0 Å². The zero-order chi connectivity index (χ0) is 11.8. The molecule has 6 heteroatoms. The van der Waals surface area contributed by atoms with Crippen LogP contribution < -0.4 is 4.90 Å². The topological polar surface area (TPSA) is 51.7 Å². The van der Waals surface area contributed by atoms with Gasteiger partial charge in [0.25, 0.3) is 0 Å². The monoisotopic (exact) mass is 254 g/mol. The van der Waals surface area contributed by atoms with Gasteiger partial charge >= 0.3 is 5.97 Å². The normalized spacial score (nSPS) is 27.2. The van der Waals surface area contributed by atoms with Crippen molar-refractivity contribution in [3.05, 3.63) is 11.1 Å². The summed E-state index contributed by atoms with van der Waals surface area (Å²) in [6, 6.07) is 0. The third-order valence-electron chi connectivity index (χ3n) is 3.20. The lowest BCUT2D eigenvalue weighted by Crippen LogP contribution is -2.42. The molecule has 0 aromatic carbocycles. The van der Waals surface area contributed by atoms with Crippen molar-refractivity contribution < 1.29 is 14.3 Å². The number of aromatic nitrogens is 1. The largest absolute Gasteiger partial charge is 0.464 e. The molecule has 2 aliphatic rings. The minimum atomic E-state index is -0.372. The Labute approximate surface area is 103 Å². The number of nitrogens with zero attached hydrogens (tertiary/aromatic N) is 2. The van der Waals surface area contributed by atoms with Crippen molar-refractivity contribution in [2.24, 2.45) is 0 Å². The summed E-state index contributed by atoms with van der Waals surface area (Å²) in [5.41, 5.74) is 0.395. The first kappa shape index (κ1) is 11.0. The van der Waals surface area contributed by atoms with Crippen LogP contribution in [0.5, 0.6) is 0 Å². The molecular formula is C11H14N2O3S. The van der Waals surface area contributed by atoms with Gasteiger partial charge in [-0.3, -0.25) is 0 Å². The molecule has 17 heavy (non-hydrogen) atoms. The Kier molecular flexibility index (Phi) is 2.76. The van der Waals surface area contributed by atoms with E-state index in [4.69, 9.17) is 4.74 Å². The molecule has 0 saturated carbocycles. The molecular weight excluding hydrogens is 240 g/mol. The number of anilines is 1. The van der Waals surface area contributed by atoms with Gasteiger partial charge in [-0.1, -0.05) is 0 Å². The van der Waals surface area contributed by atoms with Crippen molar-refractivity contribution in [3.63, 3.8) is 0 Å². The van der Waals surface area contributed by atoms with E-state index in [0.717, 1.165) is 31.1 Å². The number of carbonyl (C=O) groups excluding carboxylic acids is 1. The van der Waals surface area contributed by atoms with Gasteiger partial charge in [-0.05, 0) is 12.8 Å². The van der Waals surface area contributed by atoms with Crippen LogP contribution in [0.25, 0.3) is 0 Å². The van der Waals surface area contributed by atoms with Crippen LogP contribution in [-0.4, -0.2) is 43.4 Å². The first-order valence-corrected chi connectivity index (χ1v) is 6.58. The fourth-order valence-corrected chi connectivity index (χ4v) is 3.19. The van der Waals surface area contributed by atoms with Crippen LogP contribution >= 0.6 is 11.3 Å². The Morgan fingerprint density at radius 2 is 2.24 bits per heavy atom. The summed E-state index contributed by atoms with van der Waals surface area (Å²) in [5.74, 6) is -0.372. The number of methoxy groups -OCH3 is 1. The van der Waals surface area contributed by atoms with Crippen molar-refractivity contribution >= 4 is 22.4 Å². The highest BCUT2D eigenvalue weighted by molar-refractivity contribution is 7.13. The number of hydrogen-bond donors (Lipinski definition) is 0. The van der Waals surface area contributed by atoms with Crippen LogP contribution in [0.4, 0.5) is 5.13 Å². The van der Waals surface area contributed by atoms with E-state index < -0.39 is 0 Å². The average molecular weight is 254 g/mol. The first-order chi connectivity index (χ1) is 8.26. The van der Waals surface area contributed by atoms with E-state index in [0.29, 0.717) is 17.9 Å². The van der Waals surface area contributed by atoms with Gasteiger partial charge in [0.2, 0.25) is 0 Å². The molecule has 0 aliphatic carbocycles. The molecule has 2 saturated heterocycles. The number of fused-ring (bicyclic) bond motifs is 2. The second kappa shape index (κ2) is 4.27. The molecule has 3 heterocycles. The minimum Gasteiger partial charge on any atom is -0.464 e. The molecule has 0 radical (unpaired) electrons. The summed E-state index contributed by atoms with van der Waals surface area (Å²) >= 11 is 1.49. The van der Waals surface area contributed by atoms with Gasteiger partial charge < -0.3 is 14.4 Å². The van der Waals surface area contributed by atoms with Crippen LogP contribution in [0.1, 0.15) is 23.3 Å². The molecule has 2 fully saturated rings. The number of esters is 1. The highest BCUT2D eigenvalue weighted by Crippen LogP contribution is 2.31. The van der Waals surface area contributed by atoms with Crippen LogP contribution in [-0.2, 0) is 9.47 Å². The molecule has 0 amide bonds. The van der Waals surface area contributed by atoms with E-state index in [1.807, 2.05) is 0 Å². The summed E-state index contributed by atoms with van der Waals surface area (Å²) in [5, 5.41) is 2.64. The molecule has 3 rings (SSSR count). The van der Waals surface area contributed by atoms with Gasteiger partial charge in [0, 0.05) is 18.5 Å². The van der Waals surface area contributed by atoms with Crippen LogP contribution in [0, 0.1) is 0 Å². The van der Waals surface area contributed by atoms with Crippen LogP contribution in [0.2, 0.25) is 0 Å². The van der Waals surface area contributed by atoms with Crippen molar-refractivity contribution in [2.45, 2.75) is 25.0 Å². The Morgan fingerprint density at radius 3 is 2.88 bits per heavy atom. The Bertz CT molecular complexity index is 422. The zero-order valence-electron chi connectivity index (χ0n) is 9.59. The maximum Gasteiger partial charge on any atom is 0.357 e. The van der Waals surface area contributed by atoms with E-state index in [2.05, 4.69) is 14.6 Å². The quantitative estimate of drug-likeness (QED) is 0.745. The van der Waals surface area contributed by atoms with Gasteiger partial charge in [0.15, 0.2) is 10.8 Å². The number of carbonyl (C=O) groups is 1. The standard InChI is InChI=1S/C11H14N2O3S/c1-15-10(14)9-6-17-11(12-9)13-4-7-2-3-8(5-13)16-7/h6-8H,2-5H2,1H3. The van der Waals surface area contributed by atoms with Gasteiger partial charge in [-0.25, -0.2) is 9.78 Å². The van der Waals surface area contributed by atoms with Gasteiger partial charge in [0.1, 0.15) is 0 Å². The highest BCUT2D eigenvalue weighted by Gasteiger charge is 2.34.